The van der Waals surface area contributed by atoms with Crippen molar-refractivity contribution in [2.24, 2.45) is 5.92 Å². The number of carbonyl (C=O) groups is 2. The molecule has 0 aliphatic carbocycles. The van der Waals surface area contributed by atoms with Crippen LogP contribution in [-0.4, -0.2) is 18.0 Å². The zero-order valence-electron chi connectivity index (χ0n) is 15.9. The van der Waals surface area contributed by atoms with Crippen molar-refractivity contribution in [2.75, 3.05) is 0 Å². The first-order valence-electron chi connectivity index (χ1n) is 9.20. The molecule has 4 nitrogen and oxygen atoms in total. The lowest BCUT2D eigenvalue weighted by Gasteiger charge is -2.23. The predicted octanol–water partition coefficient (Wildman–Crippen LogP) is 4.20. The average Bonchev–Trinajstić information content (AvgIpc) is 2.68. The number of halogens is 1. The zero-order chi connectivity index (χ0) is 19.8. The molecular weight excluding hydrogens is 345 g/mol. The molecular formula is C22H26FNO3. The van der Waals surface area contributed by atoms with Crippen molar-refractivity contribution < 1.29 is 18.7 Å². The maximum absolute atomic E-state index is 12.9. The van der Waals surface area contributed by atoms with Crippen LogP contribution in [0.15, 0.2) is 54.6 Å². The van der Waals surface area contributed by atoms with Gasteiger partial charge in [-0.1, -0.05) is 62.7 Å². The highest BCUT2D eigenvalue weighted by atomic mass is 19.1. The Morgan fingerprint density at radius 3 is 2.26 bits per heavy atom. The van der Waals surface area contributed by atoms with Crippen molar-refractivity contribution in [1.29, 1.82) is 0 Å². The van der Waals surface area contributed by atoms with Gasteiger partial charge < -0.3 is 10.1 Å². The van der Waals surface area contributed by atoms with Crippen LogP contribution in [0, 0.1) is 11.7 Å². The van der Waals surface area contributed by atoms with Gasteiger partial charge in [0.25, 0.3) is 5.91 Å². The first-order valence-corrected chi connectivity index (χ1v) is 9.20. The highest BCUT2D eigenvalue weighted by Gasteiger charge is 2.30. The molecule has 0 aliphatic rings. The van der Waals surface area contributed by atoms with Gasteiger partial charge in [-0.05, 0) is 36.1 Å². The fourth-order valence-corrected chi connectivity index (χ4v) is 2.83. The van der Waals surface area contributed by atoms with Crippen molar-refractivity contribution in [1.82, 2.24) is 5.32 Å². The SMILES string of the molecule is CC[C@@H](C)[C@H](C(=O)O[C@@H](C)C(=O)NCc1ccc(F)cc1)c1ccccc1. The highest BCUT2D eigenvalue weighted by molar-refractivity contribution is 5.85. The van der Waals surface area contributed by atoms with Gasteiger partial charge in [-0.3, -0.25) is 9.59 Å². The van der Waals surface area contributed by atoms with Gasteiger partial charge in [0.1, 0.15) is 5.82 Å². The molecule has 1 amide bonds. The number of hydrogen-bond acceptors (Lipinski definition) is 3. The molecule has 0 spiro atoms. The lowest BCUT2D eigenvalue weighted by atomic mass is 9.85. The van der Waals surface area contributed by atoms with Gasteiger partial charge in [-0.25, -0.2) is 4.39 Å². The largest absolute Gasteiger partial charge is 0.452 e. The van der Waals surface area contributed by atoms with Crippen molar-refractivity contribution in [3.8, 4) is 0 Å². The Labute approximate surface area is 159 Å². The molecule has 27 heavy (non-hydrogen) atoms. The van der Waals surface area contributed by atoms with Crippen LogP contribution in [0.2, 0.25) is 0 Å². The smallest absolute Gasteiger partial charge is 0.314 e. The Kier molecular flexibility index (Phi) is 7.53. The molecule has 0 heterocycles. The Morgan fingerprint density at radius 2 is 1.67 bits per heavy atom. The van der Waals surface area contributed by atoms with Crippen LogP contribution in [0.4, 0.5) is 4.39 Å². The van der Waals surface area contributed by atoms with E-state index in [2.05, 4.69) is 5.32 Å². The summed E-state index contributed by atoms with van der Waals surface area (Å²) < 4.78 is 18.4. The minimum atomic E-state index is -0.909. The number of benzene rings is 2. The molecule has 5 heteroatoms. The van der Waals surface area contributed by atoms with Gasteiger partial charge in [0.2, 0.25) is 0 Å². The Bertz CT molecular complexity index is 746. The van der Waals surface area contributed by atoms with Crippen LogP contribution in [0.5, 0.6) is 0 Å². The second kappa shape index (κ2) is 9.86. The molecule has 0 bridgehead atoms. The van der Waals surface area contributed by atoms with Crippen LogP contribution < -0.4 is 5.32 Å². The molecule has 3 atom stereocenters. The van der Waals surface area contributed by atoms with Gasteiger partial charge in [0.15, 0.2) is 6.10 Å². The number of amides is 1. The minimum Gasteiger partial charge on any atom is -0.452 e. The number of carbonyl (C=O) groups excluding carboxylic acids is 2. The summed E-state index contributed by atoms with van der Waals surface area (Å²) in [6, 6.07) is 15.3. The van der Waals surface area contributed by atoms with Crippen molar-refractivity contribution in [3.63, 3.8) is 0 Å². The van der Waals surface area contributed by atoms with Gasteiger partial charge in [0.05, 0.1) is 5.92 Å². The van der Waals surface area contributed by atoms with E-state index in [0.29, 0.717) is 0 Å². The maximum atomic E-state index is 12.9. The van der Waals surface area contributed by atoms with E-state index >= 15 is 0 Å². The number of rotatable bonds is 8. The summed E-state index contributed by atoms with van der Waals surface area (Å²) >= 11 is 0. The molecule has 2 rings (SSSR count). The molecule has 0 aliphatic heterocycles. The summed E-state index contributed by atoms with van der Waals surface area (Å²) in [7, 11) is 0. The van der Waals surface area contributed by atoms with E-state index in [0.717, 1.165) is 17.5 Å². The van der Waals surface area contributed by atoms with Crippen molar-refractivity contribution in [3.05, 3.63) is 71.5 Å². The van der Waals surface area contributed by atoms with Crippen molar-refractivity contribution in [2.45, 2.75) is 45.8 Å². The first-order chi connectivity index (χ1) is 12.9. The van der Waals surface area contributed by atoms with Crippen LogP contribution in [-0.2, 0) is 20.9 Å². The second-order valence-electron chi connectivity index (χ2n) is 6.70. The maximum Gasteiger partial charge on any atom is 0.314 e. The molecule has 2 aromatic carbocycles. The van der Waals surface area contributed by atoms with E-state index < -0.39 is 18.0 Å². The molecule has 0 radical (unpaired) electrons. The number of ether oxygens (including phenoxy) is 1. The quantitative estimate of drug-likeness (QED) is 0.708. The summed E-state index contributed by atoms with van der Waals surface area (Å²) in [6.45, 7) is 5.82. The lowest BCUT2D eigenvalue weighted by Crippen LogP contribution is -2.37. The fourth-order valence-electron chi connectivity index (χ4n) is 2.83. The van der Waals surface area contributed by atoms with E-state index in [1.807, 2.05) is 44.2 Å². The Morgan fingerprint density at radius 1 is 1.04 bits per heavy atom. The summed E-state index contributed by atoms with van der Waals surface area (Å²) in [4.78, 5) is 25.0. The van der Waals surface area contributed by atoms with Crippen molar-refractivity contribution >= 4 is 11.9 Å². The van der Waals surface area contributed by atoms with Crippen LogP contribution >= 0.6 is 0 Å². The van der Waals surface area contributed by atoms with E-state index in [1.165, 1.54) is 12.1 Å². The van der Waals surface area contributed by atoms with Gasteiger partial charge >= 0.3 is 5.97 Å². The van der Waals surface area contributed by atoms with Gasteiger partial charge in [-0.2, -0.15) is 0 Å². The topological polar surface area (TPSA) is 55.4 Å². The van der Waals surface area contributed by atoms with Gasteiger partial charge in [0, 0.05) is 6.54 Å². The van der Waals surface area contributed by atoms with Crippen LogP contribution in [0.3, 0.4) is 0 Å². The standard InChI is InChI=1S/C22H26FNO3/c1-4-15(2)20(18-8-6-5-7-9-18)22(26)27-16(3)21(25)24-14-17-10-12-19(23)13-11-17/h5-13,15-16,20H,4,14H2,1-3H3,(H,24,25)/t15-,16+,20+/m1/s1. The molecule has 0 aromatic heterocycles. The van der Waals surface area contributed by atoms with Crippen LogP contribution in [0.1, 0.15) is 44.2 Å². The molecule has 0 unspecified atom stereocenters. The van der Waals surface area contributed by atoms with Crippen LogP contribution in [0.25, 0.3) is 0 Å². The van der Waals surface area contributed by atoms with Gasteiger partial charge in [-0.15, -0.1) is 0 Å². The lowest BCUT2D eigenvalue weighted by molar-refractivity contribution is -0.157. The molecule has 1 N–H and O–H groups in total. The molecule has 0 saturated heterocycles. The van der Waals surface area contributed by atoms with E-state index in [-0.39, 0.29) is 24.2 Å². The number of nitrogens with one attached hydrogen (secondary N) is 1. The second-order valence-corrected chi connectivity index (χ2v) is 6.70. The third-order valence-corrected chi connectivity index (χ3v) is 4.67. The molecule has 0 fully saturated rings. The van der Waals surface area contributed by atoms with E-state index in [1.54, 1.807) is 19.1 Å². The highest BCUT2D eigenvalue weighted by Crippen LogP contribution is 2.28. The monoisotopic (exact) mass is 371 g/mol. The summed E-state index contributed by atoms with van der Waals surface area (Å²) in [5, 5.41) is 2.71. The Hall–Kier alpha value is -2.69. The molecule has 0 saturated carbocycles. The third kappa shape index (κ3) is 5.91. The fraction of sp³-hybridized carbons (Fsp3) is 0.364. The minimum absolute atomic E-state index is 0.0920. The normalized spacial score (nSPS) is 14.1. The summed E-state index contributed by atoms with van der Waals surface area (Å²) in [5.41, 5.74) is 1.65. The summed E-state index contributed by atoms with van der Waals surface area (Å²) in [6.07, 6.45) is -0.0898. The molecule has 2 aromatic rings. The third-order valence-electron chi connectivity index (χ3n) is 4.67. The zero-order valence-corrected chi connectivity index (χ0v) is 15.9. The first kappa shape index (κ1) is 20.6. The number of esters is 1. The predicted molar refractivity (Wildman–Crippen MR) is 102 cm³/mol. The number of hydrogen-bond donors (Lipinski definition) is 1. The molecule has 144 valence electrons. The summed E-state index contributed by atoms with van der Waals surface area (Å²) in [5.74, 6) is -1.44. The van der Waals surface area contributed by atoms with E-state index in [4.69, 9.17) is 4.74 Å². The Balaban J connectivity index is 1.97. The van der Waals surface area contributed by atoms with E-state index in [9.17, 15) is 14.0 Å². The average molecular weight is 371 g/mol.